The van der Waals surface area contributed by atoms with Gasteiger partial charge in [-0.15, -0.1) is 0 Å². The molecule has 1 aromatic rings. The van der Waals surface area contributed by atoms with Crippen molar-refractivity contribution in [3.8, 4) is 0 Å². The number of nitrogen functional groups attached to an aromatic ring is 1. The number of aromatic nitrogens is 1. The number of nitrogens with zero attached hydrogens (tertiary/aromatic N) is 2. The van der Waals surface area contributed by atoms with Crippen LogP contribution in [0.5, 0.6) is 0 Å². The van der Waals surface area contributed by atoms with E-state index in [0.717, 1.165) is 25.9 Å². The lowest BCUT2D eigenvalue weighted by Gasteiger charge is -2.32. The molecule has 2 atom stereocenters. The van der Waals surface area contributed by atoms with Crippen molar-refractivity contribution in [1.82, 2.24) is 14.8 Å². The number of rotatable bonds is 3. The fourth-order valence-electron chi connectivity index (χ4n) is 3.50. The van der Waals surface area contributed by atoms with E-state index in [4.69, 9.17) is 5.73 Å². The molecule has 21 heavy (non-hydrogen) atoms. The molecular weight excluding hydrogens is 268 g/mol. The van der Waals surface area contributed by atoms with E-state index in [-0.39, 0.29) is 24.1 Å². The lowest BCUT2D eigenvalue weighted by Crippen LogP contribution is -2.47. The quantitative estimate of drug-likeness (QED) is 0.832. The van der Waals surface area contributed by atoms with Crippen LogP contribution in [0.25, 0.3) is 0 Å². The minimum Gasteiger partial charge on any atom is -0.398 e. The van der Waals surface area contributed by atoms with E-state index in [0.29, 0.717) is 11.7 Å². The Morgan fingerprint density at radius 2 is 2.14 bits per heavy atom. The molecule has 2 unspecified atom stereocenters. The number of hydrogen-bond acceptors (Lipinski definition) is 4. The number of piperidine rings is 1. The molecule has 1 aromatic heterocycles. The van der Waals surface area contributed by atoms with Gasteiger partial charge in [0.25, 0.3) is 5.56 Å². The van der Waals surface area contributed by atoms with Crippen LogP contribution in [0.2, 0.25) is 0 Å². The Bertz CT molecular complexity index is 583. The highest BCUT2D eigenvalue weighted by atomic mass is 16.2. The van der Waals surface area contributed by atoms with Gasteiger partial charge in [-0.05, 0) is 31.9 Å². The van der Waals surface area contributed by atoms with Gasteiger partial charge < -0.3 is 15.6 Å². The molecule has 0 radical (unpaired) electrons. The van der Waals surface area contributed by atoms with Gasteiger partial charge in [-0.2, -0.15) is 0 Å². The smallest absolute Gasteiger partial charge is 0.251 e. The second-order valence-electron chi connectivity index (χ2n) is 5.99. The van der Waals surface area contributed by atoms with Crippen molar-refractivity contribution in [2.75, 3.05) is 18.8 Å². The monoisotopic (exact) mass is 290 g/mol. The topological polar surface area (TPSA) is 80.4 Å². The van der Waals surface area contributed by atoms with Crippen LogP contribution in [-0.4, -0.2) is 40.5 Å². The van der Waals surface area contributed by atoms with Gasteiger partial charge in [0.05, 0.1) is 0 Å². The zero-order valence-corrected chi connectivity index (χ0v) is 12.1. The van der Waals surface area contributed by atoms with E-state index in [9.17, 15) is 9.59 Å². The summed E-state index contributed by atoms with van der Waals surface area (Å²) in [4.78, 5) is 26.3. The molecule has 0 saturated carbocycles. The number of nitrogens with one attached hydrogen (secondary N) is 1. The van der Waals surface area contributed by atoms with Crippen LogP contribution in [0.4, 0.5) is 5.69 Å². The third kappa shape index (κ3) is 3.10. The highest BCUT2D eigenvalue weighted by Gasteiger charge is 2.36. The van der Waals surface area contributed by atoms with Gasteiger partial charge in [0.15, 0.2) is 0 Å². The van der Waals surface area contributed by atoms with Crippen LogP contribution in [0.3, 0.4) is 0 Å². The summed E-state index contributed by atoms with van der Waals surface area (Å²) >= 11 is 0. The maximum atomic E-state index is 12.2. The van der Waals surface area contributed by atoms with Crippen molar-refractivity contribution in [2.24, 2.45) is 0 Å². The first-order chi connectivity index (χ1) is 10.1. The molecule has 0 aromatic carbocycles. The Morgan fingerprint density at radius 1 is 1.29 bits per heavy atom. The Morgan fingerprint density at radius 3 is 3.00 bits per heavy atom. The summed E-state index contributed by atoms with van der Waals surface area (Å²) in [6, 6.07) is 3.63. The summed E-state index contributed by atoms with van der Waals surface area (Å²) in [5.41, 5.74) is 5.94. The predicted molar refractivity (Wildman–Crippen MR) is 80.9 cm³/mol. The fraction of sp³-hybridized carbons (Fsp3) is 0.600. The van der Waals surface area contributed by atoms with Crippen molar-refractivity contribution in [2.45, 2.75) is 44.3 Å². The third-order valence-corrected chi connectivity index (χ3v) is 4.52. The summed E-state index contributed by atoms with van der Waals surface area (Å²) in [5.74, 6) is -0.111. The molecule has 6 heteroatoms. The molecule has 1 amide bonds. The maximum Gasteiger partial charge on any atom is 0.251 e. The Kier molecular flexibility index (Phi) is 3.96. The molecule has 0 spiro atoms. The predicted octanol–water partition coefficient (Wildman–Crippen LogP) is 0.174. The Labute approximate surface area is 123 Å². The lowest BCUT2D eigenvalue weighted by atomic mass is 9.99. The summed E-state index contributed by atoms with van der Waals surface area (Å²) in [7, 11) is 0. The highest BCUT2D eigenvalue weighted by Crippen LogP contribution is 2.27. The number of amides is 1. The number of carbonyl (C=O) groups is 1. The first-order valence-corrected chi connectivity index (χ1v) is 7.63. The van der Waals surface area contributed by atoms with E-state index in [1.807, 2.05) is 0 Å². The summed E-state index contributed by atoms with van der Waals surface area (Å²) < 4.78 is 1.36. The molecule has 0 aliphatic carbocycles. The number of carbonyl (C=O) groups excluding carboxylic acids is 1. The van der Waals surface area contributed by atoms with Gasteiger partial charge in [0, 0.05) is 36.6 Å². The number of hydrogen-bond donors (Lipinski definition) is 2. The molecule has 0 bridgehead atoms. The van der Waals surface area contributed by atoms with Crippen LogP contribution in [-0.2, 0) is 11.3 Å². The molecule has 3 N–H and O–H groups in total. The van der Waals surface area contributed by atoms with Crippen LogP contribution in [0.15, 0.2) is 23.1 Å². The molecule has 3 rings (SSSR count). The molecule has 2 aliphatic heterocycles. The number of anilines is 1. The van der Waals surface area contributed by atoms with E-state index in [1.165, 1.54) is 29.7 Å². The molecule has 3 heterocycles. The summed E-state index contributed by atoms with van der Waals surface area (Å²) in [5, 5.41) is 3.09. The second-order valence-corrected chi connectivity index (χ2v) is 5.99. The number of fused-ring (bicyclic) bond motifs is 1. The van der Waals surface area contributed by atoms with E-state index in [2.05, 4.69) is 10.2 Å². The maximum absolute atomic E-state index is 12.2. The van der Waals surface area contributed by atoms with Gasteiger partial charge >= 0.3 is 0 Å². The SMILES string of the molecule is Nc1ccc(=O)n(CC(=O)NC2CCN3CCCCC23)c1. The molecular formula is C15H22N4O2. The normalized spacial score (nSPS) is 25.5. The minimum atomic E-state index is -0.204. The average molecular weight is 290 g/mol. The van der Waals surface area contributed by atoms with Crippen LogP contribution in [0.1, 0.15) is 25.7 Å². The number of nitrogens with two attached hydrogens (primary N) is 1. The van der Waals surface area contributed by atoms with Crippen LogP contribution >= 0.6 is 0 Å². The lowest BCUT2D eigenvalue weighted by molar-refractivity contribution is -0.122. The zero-order valence-electron chi connectivity index (χ0n) is 12.1. The molecule has 2 fully saturated rings. The van der Waals surface area contributed by atoms with Gasteiger partial charge in [-0.3, -0.25) is 14.5 Å². The standard InChI is InChI=1S/C15H22N4O2/c16-11-4-5-15(21)19(9-11)10-14(20)17-12-6-8-18-7-2-1-3-13(12)18/h4-5,9,12-13H,1-3,6-8,10,16H2,(H,17,20). The van der Waals surface area contributed by atoms with Crippen molar-refractivity contribution < 1.29 is 4.79 Å². The average Bonchev–Trinajstić information content (AvgIpc) is 2.86. The second kappa shape index (κ2) is 5.89. The van der Waals surface area contributed by atoms with Gasteiger partial charge in [0.1, 0.15) is 6.54 Å². The Balaban J connectivity index is 1.61. The van der Waals surface area contributed by atoms with Crippen molar-refractivity contribution in [3.05, 3.63) is 28.7 Å². The van der Waals surface area contributed by atoms with Crippen molar-refractivity contribution in [3.63, 3.8) is 0 Å². The van der Waals surface area contributed by atoms with Gasteiger partial charge in [-0.1, -0.05) is 6.42 Å². The molecule has 2 aliphatic rings. The molecule has 114 valence electrons. The van der Waals surface area contributed by atoms with Crippen molar-refractivity contribution in [1.29, 1.82) is 0 Å². The molecule has 6 nitrogen and oxygen atoms in total. The summed E-state index contributed by atoms with van der Waals surface area (Å²) in [6.45, 7) is 2.24. The van der Waals surface area contributed by atoms with Crippen LogP contribution in [0, 0.1) is 0 Å². The Hall–Kier alpha value is -1.82. The largest absolute Gasteiger partial charge is 0.398 e. The van der Waals surface area contributed by atoms with E-state index < -0.39 is 0 Å². The van der Waals surface area contributed by atoms with Gasteiger partial charge in [0.2, 0.25) is 5.91 Å². The third-order valence-electron chi connectivity index (χ3n) is 4.52. The van der Waals surface area contributed by atoms with Gasteiger partial charge in [-0.25, -0.2) is 0 Å². The highest BCUT2D eigenvalue weighted by molar-refractivity contribution is 5.76. The minimum absolute atomic E-state index is 0.0348. The van der Waals surface area contributed by atoms with E-state index >= 15 is 0 Å². The summed E-state index contributed by atoms with van der Waals surface area (Å²) in [6.07, 6.45) is 6.17. The first kappa shape index (κ1) is 14.1. The molecule has 2 saturated heterocycles. The van der Waals surface area contributed by atoms with Crippen molar-refractivity contribution >= 4 is 11.6 Å². The fourth-order valence-corrected chi connectivity index (χ4v) is 3.50. The number of pyridine rings is 1. The first-order valence-electron chi connectivity index (χ1n) is 7.63. The van der Waals surface area contributed by atoms with E-state index in [1.54, 1.807) is 6.07 Å². The van der Waals surface area contributed by atoms with Crippen LogP contribution < -0.4 is 16.6 Å². The zero-order chi connectivity index (χ0) is 14.8.